The Morgan fingerprint density at radius 3 is 2.76 bits per heavy atom. The fourth-order valence-electron chi connectivity index (χ4n) is 1.67. The highest BCUT2D eigenvalue weighted by Gasteiger charge is 2.21. The van der Waals surface area contributed by atoms with Gasteiger partial charge in [0.2, 0.25) is 0 Å². The molecule has 0 radical (unpaired) electrons. The van der Waals surface area contributed by atoms with Crippen LogP contribution in [0.5, 0.6) is 0 Å². The Morgan fingerprint density at radius 2 is 2.29 bits per heavy atom. The fourth-order valence-corrected chi connectivity index (χ4v) is 1.67. The van der Waals surface area contributed by atoms with Gasteiger partial charge in [-0.25, -0.2) is 0 Å². The number of carbonyl (C=O) groups excluding carboxylic acids is 1. The smallest absolute Gasteiger partial charge is 0.272 e. The summed E-state index contributed by atoms with van der Waals surface area (Å²) in [6, 6.07) is 1.82. The molecule has 96 valence electrons. The Bertz CT molecular complexity index is 361. The van der Waals surface area contributed by atoms with Crippen molar-refractivity contribution in [2.24, 2.45) is 0 Å². The molecule has 0 bridgehead atoms. The molecule has 0 saturated carbocycles. The van der Waals surface area contributed by atoms with Crippen LogP contribution in [0.4, 0.5) is 5.82 Å². The number of aromatic nitrogens is 2. The average Bonchev–Trinajstić information content (AvgIpc) is 2.75. The molecule has 0 aromatic carbocycles. The first-order chi connectivity index (χ1) is 8.10. The van der Waals surface area contributed by atoms with E-state index >= 15 is 0 Å². The lowest BCUT2D eigenvalue weighted by atomic mass is 10.2. The number of unbranched alkanes of at least 4 members (excludes halogenated alkanes) is 1. The number of hydrogen-bond donors (Lipinski definition) is 2. The Hall–Kier alpha value is -1.52. The van der Waals surface area contributed by atoms with Crippen molar-refractivity contribution in [3.05, 3.63) is 11.8 Å². The van der Waals surface area contributed by atoms with E-state index in [1.807, 2.05) is 4.90 Å². The van der Waals surface area contributed by atoms with Gasteiger partial charge in [-0.1, -0.05) is 20.3 Å². The summed E-state index contributed by atoms with van der Waals surface area (Å²) in [4.78, 5) is 14.1. The van der Waals surface area contributed by atoms with Gasteiger partial charge < -0.3 is 10.6 Å². The third-order valence-electron chi connectivity index (χ3n) is 2.96. The predicted molar refractivity (Wildman–Crippen MR) is 68.7 cm³/mol. The van der Waals surface area contributed by atoms with Crippen LogP contribution in [0.25, 0.3) is 0 Å². The Labute approximate surface area is 102 Å². The second-order valence-electron chi connectivity index (χ2n) is 4.32. The summed E-state index contributed by atoms with van der Waals surface area (Å²) in [7, 11) is 0. The fraction of sp³-hybridized carbons (Fsp3) is 0.667. The number of nitrogens with zero attached hydrogens (tertiary/aromatic N) is 2. The summed E-state index contributed by atoms with van der Waals surface area (Å²) >= 11 is 0. The zero-order chi connectivity index (χ0) is 12.8. The maximum absolute atomic E-state index is 12.3. The van der Waals surface area contributed by atoms with E-state index in [0.29, 0.717) is 11.5 Å². The van der Waals surface area contributed by atoms with Crippen LogP contribution < -0.4 is 5.73 Å². The van der Waals surface area contributed by atoms with Crippen molar-refractivity contribution >= 4 is 11.7 Å². The van der Waals surface area contributed by atoms with Gasteiger partial charge in [0, 0.05) is 18.7 Å². The minimum absolute atomic E-state index is 0.0167. The number of anilines is 1. The minimum Gasteiger partial charge on any atom is -0.382 e. The van der Waals surface area contributed by atoms with E-state index < -0.39 is 0 Å². The van der Waals surface area contributed by atoms with Gasteiger partial charge >= 0.3 is 0 Å². The first kappa shape index (κ1) is 13.5. The molecule has 1 amide bonds. The molecule has 1 aromatic heterocycles. The first-order valence-corrected chi connectivity index (χ1v) is 6.22. The highest BCUT2D eigenvalue weighted by molar-refractivity contribution is 5.93. The first-order valence-electron chi connectivity index (χ1n) is 6.22. The number of H-pyrrole nitrogens is 1. The number of nitrogens with two attached hydrogens (primary N) is 1. The molecule has 1 atom stereocenters. The molecular formula is C12H22N4O. The van der Waals surface area contributed by atoms with E-state index in [1.54, 1.807) is 6.07 Å². The SMILES string of the molecule is CCCCN(C(=O)c1cc(N)n[nH]1)C(C)CC. The molecule has 17 heavy (non-hydrogen) atoms. The number of nitrogen functional groups attached to an aromatic ring is 1. The molecule has 1 unspecified atom stereocenters. The van der Waals surface area contributed by atoms with Crippen LogP contribution in [0.2, 0.25) is 0 Å². The van der Waals surface area contributed by atoms with Gasteiger partial charge in [-0.3, -0.25) is 9.89 Å². The van der Waals surface area contributed by atoms with Crippen molar-refractivity contribution < 1.29 is 4.79 Å². The van der Waals surface area contributed by atoms with Crippen molar-refractivity contribution in [1.29, 1.82) is 0 Å². The van der Waals surface area contributed by atoms with Crippen LogP contribution >= 0.6 is 0 Å². The van der Waals surface area contributed by atoms with Crippen molar-refractivity contribution in [3.8, 4) is 0 Å². The third kappa shape index (κ3) is 3.47. The molecule has 0 spiro atoms. The highest BCUT2D eigenvalue weighted by atomic mass is 16.2. The van der Waals surface area contributed by atoms with E-state index in [4.69, 9.17) is 5.73 Å². The molecule has 0 fully saturated rings. The number of rotatable bonds is 6. The summed E-state index contributed by atoms with van der Waals surface area (Å²) in [5, 5.41) is 6.47. The lowest BCUT2D eigenvalue weighted by Gasteiger charge is -2.28. The number of aromatic amines is 1. The summed E-state index contributed by atoms with van der Waals surface area (Å²) < 4.78 is 0. The van der Waals surface area contributed by atoms with Crippen LogP contribution in [0, 0.1) is 0 Å². The zero-order valence-corrected chi connectivity index (χ0v) is 10.9. The van der Waals surface area contributed by atoms with E-state index in [0.717, 1.165) is 25.8 Å². The van der Waals surface area contributed by atoms with Gasteiger partial charge in [0.1, 0.15) is 11.5 Å². The van der Waals surface area contributed by atoms with Crippen LogP contribution in [-0.4, -0.2) is 33.6 Å². The molecule has 5 heteroatoms. The molecular weight excluding hydrogens is 216 g/mol. The number of amides is 1. The summed E-state index contributed by atoms with van der Waals surface area (Å²) in [5.41, 5.74) is 5.98. The van der Waals surface area contributed by atoms with Crippen LogP contribution in [-0.2, 0) is 0 Å². The molecule has 3 N–H and O–H groups in total. The average molecular weight is 238 g/mol. The largest absolute Gasteiger partial charge is 0.382 e. The predicted octanol–water partition coefficient (Wildman–Crippen LogP) is 2.03. The van der Waals surface area contributed by atoms with Crippen LogP contribution in [0.1, 0.15) is 50.5 Å². The Morgan fingerprint density at radius 1 is 1.59 bits per heavy atom. The van der Waals surface area contributed by atoms with E-state index in [-0.39, 0.29) is 11.9 Å². The van der Waals surface area contributed by atoms with Gasteiger partial charge in [0.15, 0.2) is 0 Å². The number of hydrogen-bond acceptors (Lipinski definition) is 3. The van der Waals surface area contributed by atoms with Crippen molar-refractivity contribution in [2.45, 2.75) is 46.1 Å². The summed E-state index contributed by atoms with van der Waals surface area (Å²) in [6.45, 7) is 7.04. The molecule has 0 saturated heterocycles. The van der Waals surface area contributed by atoms with Crippen LogP contribution in [0.3, 0.4) is 0 Å². The second-order valence-corrected chi connectivity index (χ2v) is 4.32. The highest BCUT2D eigenvalue weighted by Crippen LogP contribution is 2.12. The van der Waals surface area contributed by atoms with E-state index in [9.17, 15) is 4.79 Å². The van der Waals surface area contributed by atoms with Gasteiger partial charge in [0.05, 0.1) is 0 Å². The minimum atomic E-state index is -0.0167. The second kappa shape index (κ2) is 6.27. The molecule has 0 aliphatic heterocycles. The molecule has 1 rings (SSSR count). The van der Waals surface area contributed by atoms with Gasteiger partial charge in [-0.05, 0) is 19.8 Å². The molecule has 1 aromatic rings. The van der Waals surface area contributed by atoms with Gasteiger partial charge in [-0.15, -0.1) is 0 Å². The quantitative estimate of drug-likeness (QED) is 0.796. The monoisotopic (exact) mass is 238 g/mol. The van der Waals surface area contributed by atoms with Gasteiger partial charge in [0.25, 0.3) is 5.91 Å². The number of carbonyl (C=O) groups is 1. The third-order valence-corrected chi connectivity index (χ3v) is 2.96. The molecule has 1 heterocycles. The van der Waals surface area contributed by atoms with Crippen molar-refractivity contribution in [1.82, 2.24) is 15.1 Å². The maximum atomic E-state index is 12.3. The standard InChI is InChI=1S/C12H22N4O/c1-4-6-7-16(9(3)5-2)12(17)10-8-11(13)15-14-10/h8-9H,4-7H2,1-3H3,(H3,13,14,15). The van der Waals surface area contributed by atoms with Gasteiger partial charge in [-0.2, -0.15) is 5.10 Å². The topological polar surface area (TPSA) is 75.0 Å². The Balaban J connectivity index is 2.78. The van der Waals surface area contributed by atoms with E-state index in [1.165, 1.54) is 0 Å². The number of nitrogens with one attached hydrogen (secondary N) is 1. The molecule has 5 nitrogen and oxygen atoms in total. The Kier molecular flexibility index (Phi) is 5.00. The lowest BCUT2D eigenvalue weighted by molar-refractivity contribution is 0.0679. The summed E-state index contributed by atoms with van der Waals surface area (Å²) in [5.74, 6) is 0.338. The normalized spacial score (nSPS) is 12.4. The molecule has 0 aliphatic carbocycles. The van der Waals surface area contributed by atoms with Crippen molar-refractivity contribution in [3.63, 3.8) is 0 Å². The maximum Gasteiger partial charge on any atom is 0.272 e. The van der Waals surface area contributed by atoms with E-state index in [2.05, 4.69) is 31.0 Å². The molecule has 0 aliphatic rings. The van der Waals surface area contributed by atoms with Crippen LogP contribution in [0.15, 0.2) is 6.07 Å². The lowest BCUT2D eigenvalue weighted by Crippen LogP contribution is -2.39. The zero-order valence-electron chi connectivity index (χ0n) is 10.9. The van der Waals surface area contributed by atoms with Crippen molar-refractivity contribution in [2.75, 3.05) is 12.3 Å². The summed E-state index contributed by atoms with van der Waals surface area (Å²) in [6.07, 6.45) is 3.03.